The van der Waals surface area contributed by atoms with Crippen molar-refractivity contribution < 1.29 is 8.83 Å². The van der Waals surface area contributed by atoms with E-state index in [9.17, 15) is 0 Å². The number of rotatable bonds is 0. The van der Waals surface area contributed by atoms with Gasteiger partial charge in [0.05, 0.1) is 0 Å². The Morgan fingerprint density at radius 1 is 0.800 bits per heavy atom. The third kappa shape index (κ3) is 1.51. The first-order valence-corrected chi connectivity index (χ1v) is 6.63. The molecule has 104 valence electrons. The van der Waals surface area contributed by atoms with Gasteiger partial charge in [0.25, 0.3) is 0 Å². The minimum atomic E-state index is 0.470. The van der Waals surface area contributed by atoms with Crippen molar-refractivity contribution in [2.24, 2.45) is 10.9 Å². The molecule has 2 aromatic heterocycles. The summed E-state index contributed by atoms with van der Waals surface area (Å²) in [4.78, 5) is 0. The maximum absolute atomic E-state index is 5.86. The smallest absolute Gasteiger partial charge is 0.239 e. The molecule has 3 rings (SSSR count). The summed E-state index contributed by atoms with van der Waals surface area (Å²) in [6, 6.07) is 2.13. The molecular formula is C16H18N2O2. The van der Waals surface area contributed by atoms with Crippen LogP contribution in [0.4, 0.5) is 0 Å². The molecule has 0 saturated carbocycles. The van der Waals surface area contributed by atoms with Crippen LogP contribution in [0.15, 0.2) is 20.0 Å². The summed E-state index contributed by atoms with van der Waals surface area (Å²) in [7, 11) is 0. The Balaban J connectivity index is 2.64. The molecule has 1 aromatic carbocycles. The number of furan rings is 1. The van der Waals surface area contributed by atoms with Crippen molar-refractivity contribution in [2.45, 2.75) is 34.6 Å². The minimum absolute atomic E-state index is 0.470. The van der Waals surface area contributed by atoms with Gasteiger partial charge in [-0.15, -0.1) is 5.10 Å². The standard InChI is InChI=1S/C16H18N2O2/c1-7-8(2)16(18-17)20-15-10(4)14-13(6-12(7)15)9(3)11(5)19-14/h6H,17H2,1-5H3/b18-16-. The van der Waals surface area contributed by atoms with Crippen molar-refractivity contribution in [2.75, 3.05) is 0 Å². The Morgan fingerprint density at radius 3 is 2.05 bits per heavy atom. The molecule has 4 heteroatoms. The van der Waals surface area contributed by atoms with E-state index in [4.69, 9.17) is 14.7 Å². The maximum Gasteiger partial charge on any atom is 0.239 e. The highest BCUT2D eigenvalue weighted by molar-refractivity contribution is 6.00. The summed E-state index contributed by atoms with van der Waals surface area (Å²) >= 11 is 0. The molecule has 0 unspecified atom stereocenters. The number of aryl methyl sites for hydroxylation is 4. The van der Waals surface area contributed by atoms with Crippen LogP contribution < -0.4 is 11.4 Å². The highest BCUT2D eigenvalue weighted by atomic mass is 16.3. The van der Waals surface area contributed by atoms with Crippen molar-refractivity contribution in [3.05, 3.63) is 39.6 Å². The zero-order chi connectivity index (χ0) is 14.6. The lowest BCUT2D eigenvalue weighted by atomic mass is 10.0. The summed E-state index contributed by atoms with van der Waals surface area (Å²) < 4.78 is 11.7. The molecule has 3 aromatic rings. The topological polar surface area (TPSA) is 64.7 Å². The predicted molar refractivity (Wildman–Crippen MR) is 79.4 cm³/mol. The molecule has 0 fully saturated rings. The van der Waals surface area contributed by atoms with E-state index in [1.165, 1.54) is 5.56 Å². The van der Waals surface area contributed by atoms with Crippen LogP contribution in [0.2, 0.25) is 0 Å². The first kappa shape index (κ1) is 12.8. The fourth-order valence-electron chi connectivity index (χ4n) is 2.68. The lowest BCUT2D eigenvalue weighted by Gasteiger charge is -2.08. The second-order valence-corrected chi connectivity index (χ2v) is 5.32. The molecule has 0 aliphatic heterocycles. The number of fused-ring (bicyclic) bond motifs is 2. The van der Waals surface area contributed by atoms with Gasteiger partial charge >= 0.3 is 0 Å². The van der Waals surface area contributed by atoms with Gasteiger partial charge in [0, 0.05) is 21.9 Å². The predicted octanol–water partition coefficient (Wildman–Crippen LogP) is 3.50. The summed E-state index contributed by atoms with van der Waals surface area (Å²) in [5, 5.41) is 5.96. The zero-order valence-corrected chi connectivity index (χ0v) is 12.4. The highest BCUT2D eigenvalue weighted by Gasteiger charge is 2.16. The fourth-order valence-corrected chi connectivity index (χ4v) is 2.68. The molecular weight excluding hydrogens is 252 g/mol. The van der Waals surface area contributed by atoms with Gasteiger partial charge in [-0.1, -0.05) is 0 Å². The van der Waals surface area contributed by atoms with Crippen molar-refractivity contribution in [3.63, 3.8) is 0 Å². The lowest BCUT2D eigenvalue weighted by molar-refractivity contribution is 0.525. The summed E-state index contributed by atoms with van der Waals surface area (Å²) in [5.74, 6) is 6.35. The van der Waals surface area contributed by atoms with Gasteiger partial charge in [-0.05, 0) is 51.8 Å². The second-order valence-electron chi connectivity index (χ2n) is 5.32. The van der Waals surface area contributed by atoms with E-state index in [1.54, 1.807) is 0 Å². The molecule has 0 atom stereocenters. The van der Waals surface area contributed by atoms with Crippen LogP contribution in [0.1, 0.15) is 28.0 Å². The molecule has 4 nitrogen and oxygen atoms in total. The van der Waals surface area contributed by atoms with Crippen LogP contribution in [0, 0.1) is 34.6 Å². The van der Waals surface area contributed by atoms with E-state index >= 15 is 0 Å². The molecule has 0 radical (unpaired) electrons. The van der Waals surface area contributed by atoms with Crippen LogP contribution in [0.3, 0.4) is 0 Å². The van der Waals surface area contributed by atoms with Gasteiger partial charge in [0.1, 0.15) is 16.9 Å². The van der Waals surface area contributed by atoms with E-state index in [0.717, 1.165) is 44.4 Å². The Hall–Kier alpha value is -2.23. The van der Waals surface area contributed by atoms with Gasteiger partial charge < -0.3 is 14.7 Å². The molecule has 0 saturated heterocycles. The Kier molecular flexibility index (Phi) is 2.64. The summed E-state index contributed by atoms with van der Waals surface area (Å²) in [6.07, 6.45) is 0. The Labute approximate surface area is 116 Å². The second kappa shape index (κ2) is 4.13. The molecule has 0 spiro atoms. The lowest BCUT2D eigenvalue weighted by Crippen LogP contribution is -2.11. The SMILES string of the molecule is Cc1oc2c(C)c3o/c(=N\N)c(C)c(C)c3cc2c1C. The van der Waals surface area contributed by atoms with E-state index < -0.39 is 0 Å². The van der Waals surface area contributed by atoms with Crippen LogP contribution >= 0.6 is 0 Å². The van der Waals surface area contributed by atoms with Crippen LogP contribution in [-0.2, 0) is 0 Å². The van der Waals surface area contributed by atoms with Crippen molar-refractivity contribution in [3.8, 4) is 0 Å². The average Bonchev–Trinajstić information content (AvgIpc) is 2.72. The minimum Gasteiger partial charge on any atom is -0.461 e. The number of nitrogens with zero attached hydrogens (tertiary/aromatic N) is 1. The van der Waals surface area contributed by atoms with Crippen molar-refractivity contribution in [1.82, 2.24) is 0 Å². The Morgan fingerprint density at radius 2 is 1.40 bits per heavy atom. The third-order valence-corrected chi connectivity index (χ3v) is 4.25. The molecule has 2 heterocycles. The molecule has 0 aliphatic rings. The number of hydrogen-bond acceptors (Lipinski definition) is 4. The fraction of sp³-hybridized carbons (Fsp3) is 0.312. The van der Waals surface area contributed by atoms with Gasteiger partial charge in [-0.2, -0.15) is 0 Å². The molecule has 0 amide bonds. The molecule has 2 N–H and O–H groups in total. The molecule has 0 bridgehead atoms. The van der Waals surface area contributed by atoms with Gasteiger partial charge in [0.2, 0.25) is 5.55 Å². The van der Waals surface area contributed by atoms with E-state index in [-0.39, 0.29) is 0 Å². The third-order valence-electron chi connectivity index (χ3n) is 4.25. The first-order chi connectivity index (χ1) is 9.45. The van der Waals surface area contributed by atoms with Crippen LogP contribution in [0.25, 0.3) is 21.9 Å². The number of hydrogen-bond donors (Lipinski definition) is 1. The largest absolute Gasteiger partial charge is 0.461 e. The highest BCUT2D eigenvalue weighted by Crippen LogP contribution is 2.34. The summed E-state index contributed by atoms with van der Waals surface area (Å²) in [6.45, 7) is 10.1. The quantitative estimate of drug-likeness (QED) is 0.502. The normalized spacial score (nSPS) is 12.8. The van der Waals surface area contributed by atoms with E-state index in [0.29, 0.717) is 5.55 Å². The van der Waals surface area contributed by atoms with Gasteiger partial charge in [-0.3, -0.25) is 0 Å². The number of benzene rings is 1. The molecule has 0 aliphatic carbocycles. The zero-order valence-electron chi connectivity index (χ0n) is 12.4. The monoisotopic (exact) mass is 270 g/mol. The number of nitrogens with two attached hydrogens (primary N) is 1. The Bertz CT molecular complexity index is 914. The van der Waals surface area contributed by atoms with Gasteiger partial charge in [0.15, 0.2) is 0 Å². The average molecular weight is 270 g/mol. The van der Waals surface area contributed by atoms with E-state index in [1.807, 2.05) is 20.8 Å². The van der Waals surface area contributed by atoms with Crippen LogP contribution in [-0.4, -0.2) is 0 Å². The van der Waals surface area contributed by atoms with E-state index in [2.05, 4.69) is 25.0 Å². The van der Waals surface area contributed by atoms with Crippen molar-refractivity contribution in [1.29, 1.82) is 0 Å². The van der Waals surface area contributed by atoms with Gasteiger partial charge in [-0.25, -0.2) is 0 Å². The van der Waals surface area contributed by atoms with Crippen LogP contribution in [0.5, 0.6) is 0 Å². The van der Waals surface area contributed by atoms with Crippen molar-refractivity contribution >= 4 is 21.9 Å². The molecule has 20 heavy (non-hydrogen) atoms. The first-order valence-electron chi connectivity index (χ1n) is 6.63. The maximum atomic E-state index is 5.86. The summed E-state index contributed by atoms with van der Waals surface area (Å²) in [5.41, 5.74) is 6.41.